The number of amides is 1. The van der Waals surface area contributed by atoms with E-state index in [4.69, 9.17) is 9.47 Å². The third-order valence-corrected chi connectivity index (χ3v) is 3.18. The SMILES string of the molecule is COc1ccccc1O[C@H](C)C(=O)NC(C)(C)CC(C)(C)C. The van der Waals surface area contributed by atoms with Gasteiger partial charge in [-0.05, 0) is 44.7 Å². The van der Waals surface area contributed by atoms with Crippen molar-refractivity contribution in [1.29, 1.82) is 0 Å². The van der Waals surface area contributed by atoms with Gasteiger partial charge in [0.2, 0.25) is 0 Å². The lowest BCUT2D eigenvalue weighted by molar-refractivity contribution is -0.129. The molecular formula is C18H29NO3. The highest BCUT2D eigenvalue weighted by molar-refractivity contribution is 5.81. The van der Waals surface area contributed by atoms with Crippen LogP contribution in [0, 0.1) is 5.41 Å². The van der Waals surface area contributed by atoms with Gasteiger partial charge in [0, 0.05) is 5.54 Å². The lowest BCUT2D eigenvalue weighted by Crippen LogP contribution is -2.50. The highest BCUT2D eigenvalue weighted by Gasteiger charge is 2.29. The van der Waals surface area contributed by atoms with Crippen LogP contribution in [0.25, 0.3) is 0 Å². The number of carbonyl (C=O) groups is 1. The van der Waals surface area contributed by atoms with Crippen LogP contribution in [0.4, 0.5) is 0 Å². The van der Waals surface area contributed by atoms with Gasteiger partial charge >= 0.3 is 0 Å². The van der Waals surface area contributed by atoms with Crippen molar-refractivity contribution < 1.29 is 14.3 Å². The van der Waals surface area contributed by atoms with E-state index in [0.717, 1.165) is 6.42 Å². The summed E-state index contributed by atoms with van der Waals surface area (Å²) in [4.78, 5) is 12.4. The van der Waals surface area contributed by atoms with E-state index in [0.29, 0.717) is 11.5 Å². The van der Waals surface area contributed by atoms with E-state index in [9.17, 15) is 4.79 Å². The van der Waals surface area contributed by atoms with Crippen molar-refractivity contribution in [3.05, 3.63) is 24.3 Å². The van der Waals surface area contributed by atoms with Crippen molar-refractivity contribution in [1.82, 2.24) is 5.32 Å². The number of carbonyl (C=O) groups excluding carboxylic acids is 1. The second-order valence-corrected chi connectivity index (χ2v) is 7.52. The van der Waals surface area contributed by atoms with Crippen molar-refractivity contribution in [2.45, 2.75) is 59.6 Å². The Bertz CT molecular complexity index is 503. The van der Waals surface area contributed by atoms with Gasteiger partial charge in [-0.1, -0.05) is 32.9 Å². The summed E-state index contributed by atoms with van der Waals surface area (Å²) in [7, 11) is 1.58. The monoisotopic (exact) mass is 307 g/mol. The molecular weight excluding hydrogens is 278 g/mol. The number of benzene rings is 1. The summed E-state index contributed by atoms with van der Waals surface area (Å²) in [5.74, 6) is 1.07. The minimum absolute atomic E-state index is 0.125. The molecule has 0 unspecified atom stereocenters. The van der Waals surface area contributed by atoms with Crippen LogP contribution in [0.1, 0.15) is 48.0 Å². The standard InChI is InChI=1S/C18H29NO3/c1-13(22-15-11-9-8-10-14(15)21-7)16(20)19-18(5,6)12-17(2,3)4/h8-11,13H,12H2,1-7H3,(H,19,20)/t13-/m1/s1. The number of rotatable bonds is 6. The predicted octanol–water partition coefficient (Wildman–Crippen LogP) is 3.79. The van der Waals surface area contributed by atoms with E-state index >= 15 is 0 Å². The van der Waals surface area contributed by atoms with E-state index in [1.54, 1.807) is 20.1 Å². The van der Waals surface area contributed by atoms with E-state index in [-0.39, 0.29) is 16.9 Å². The first kappa shape index (κ1) is 18.3. The molecule has 0 aromatic heterocycles. The average molecular weight is 307 g/mol. The van der Waals surface area contributed by atoms with Crippen molar-refractivity contribution in [3.8, 4) is 11.5 Å². The number of para-hydroxylation sites is 2. The second kappa shape index (κ2) is 7.03. The molecule has 0 heterocycles. The van der Waals surface area contributed by atoms with Crippen LogP contribution in [0.15, 0.2) is 24.3 Å². The average Bonchev–Trinajstić information content (AvgIpc) is 2.35. The summed E-state index contributed by atoms with van der Waals surface area (Å²) < 4.78 is 11.0. The molecule has 0 aliphatic carbocycles. The summed E-state index contributed by atoms with van der Waals surface area (Å²) in [6.07, 6.45) is 0.295. The number of hydrogen-bond donors (Lipinski definition) is 1. The molecule has 1 atom stereocenters. The first-order valence-corrected chi connectivity index (χ1v) is 7.66. The van der Waals surface area contributed by atoms with E-state index in [1.165, 1.54) is 0 Å². The van der Waals surface area contributed by atoms with Crippen LogP contribution in [0.5, 0.6) is 11.5 Å². The zero-order valence-electron chi connectivity index (χ0n) is 14.8. The van der Waals surface area contributed by atoms with Gasteiger partial charge in [-0.2, -0.15) is 0 Å². The Labute approximate surface area is 134 Å². The summed E-state index contributed by atoms with van der Waals surface area (Å²) in [6, 6.07) is 7.32. The van der Waals surface area contributed by atoms with E-state index < -0.39 is 6.10 Å². The Morgan fingerprint density at radius 1 is 1.14 bits per heavy atom. The normalized spacial score (nSPS) is 13.4. The molecule has 0 radical (unpaired) electrons. The largest absolute Gasteiger partial charge is 0.493 e. The molecule has 4 nitrogen and oxygen atoms in total. The molecule has 0 spiro atoms. The third kappa shape index (κ3) is 5.96. The fourth-order valence-electron chi connectivity index (χ4n) is 2.77. The van der Waals surface area contributed by atoms with Gasteiger partial charge in [0.25, 0.3) is 5.91 Å². The maximum Gasteiger partial charge on any atom is 0.261 e. The molecule has 22 heavy (non-hydrogen) atoms. The van der Waals surface area contributed by atoms with Crippen molar-refractivity contribution >= 4 is 5.91 Å². The quantitative estimate of drug-likeness (QED) is 0.869. The highest BCUT2D eigenvalue weighted by atomic mass is 16.5. The first-order valence-electron chi connectivity index (χ1n) is 7.66. The third-order valence-electron chi connectivity index (χ3n) is 3.18. The van der Waals surface area contributed by atoms with Crippen molar-refractivity contribution in [2.75, 3.05) is 7.11 Å². The van der Waals surface area contributed by atoms with Crippen molar-refractivity contribution in [3.63, 3.8) is 0 Å². The molecule has 1 aromatic carbocycles. The fourth-order valence-corrected chi connectivity index (χ4v) is 2.77. The Kier molecular flexibility index (Phi) is 5.86. The van der Waals surface area contributed by atoms with Crippen LogP contribution >= 0.6 is 0 Å². The Balaban J connectivity index is 2.69. The van der Waals surface area contributed by atoms with E-state index in [1.807, 2.05) is 32.0 Å². The minimum atomic E-state index is -0.587. The fraction of sp³-hybridized carbons (Fsp3) is 0.611. The Morgan fingerprint density at radius 2 is 1.68 bits per heavy atom. The van der Waals surface area contributed by atoms with Crippen LogP contribution < -0.4 is 14.8 Å². The Morgan fingerprint density at radius 3 is 2.18 bits per heavy atom. The molecule has 1 rings (SSSR count). The lowest BCUT2D eigenvalue weighted by atomic mass is 9.81. The molecule has 4 heteroatoms. The highest BCUT2D eigenvalue weighted by Crippen LogP contribution is 2.28. The molecule has 1 amide bonds. The lowest BCUT2D eigenvalue weighted by Gasteiger charge is -2.34. The number of methoxy groups -OCH3 is 1. The van der Waals surface area contributed by atoms with Crippen LogP contribution in [-0.4, -0.2) is 24.7 Å². The van der Waals surface area contributed by atoms with Gasteiger partial charge in [0.05, 0.1) is 7.11 Å². The first-order chi connectivity index (χ1) is 10.0. The summed E-state index contributed by atoms with van der Waals surface area (Å²) in [5, 5.41) is 3.07. The van der Waals surface area contributed by atoms with Gasteiger partial charge in [-0.25, -0.2) is 0 Å². The Hall–Kier alpha value is -1.71. The zero-order valence-corrected chi connectivity index (χ0v) is 14.8. The molecule has 0 saturated heterocycles. The van der Waals surface area contributed by atoms with Gasteiger partial charge in [-0.15, -0.1) is 0 Å². The molecule has 0 aliphatic rings. The summed E-state index contributed by atoms with van der Waals surface area (Å²) in [6.45, 7) is 12.3. The van der Waals surface area contributed by atoms with Crippen LogP contribution in [0.3, 0.4) is 0 Å². The van der Waals surface area contributed by atoms with Crippen LogP contribution in [-0.2, 0) is 4.79 Å². The molecule has 0 saturated carbocycles. The number of nitrogens with one attached hydrogen (secondary N) is 1. The van der Waals surface area contributed by atoms with Gasteiger partial charge in [-0.3, -0.25) is 4.79 Å². The summed E-state index contributed by atoms with van der Waals surface area (Å²) >= 11 is 0. The number of ether oxygens (including phenoxy) is 2. The van der Waals surface area contributed by atoms with Crippen LogP contribution in [0.2, 0.25) is 0 Å². The molecule has 0 aliphatic heterocycles. The predicted molar refractivity (Wildman–Crippen MR) is 89.4 cm³/mol. The molecule has 1 aromatic rings. The van der Waals surface area contributed by atoms with Gasteiger partial charge < -0.3 is 14.8 Å². The van der Waals surface area contributed by atoms with Gasteiger partial charge in [0.1, 0.15) is 0 Å². The molecule has 0 fully saturated rings. The molecule has 0 bridgehead atoms. The zero-order chi connectivity index (χ0) is 17.0. The maximum absolute atomic E-state index is 12.4. The topological polar surface area (TPSA) is 47.6 Å². The number of hydrogen-bond acceptors (Lipinski definition) is 3. The molecule has 124 valence electrons. The molecule has 1 N–H and O–H groups in total. The van der Waals surface area contributed by atoms with Crippen molar-refractivity contribution in [2.24, 2.45) is 5.41 Å². The van der Waals surface area contributed by atoms with E-state index in [2.05, 4.69) is 26.1 Å². The maximum atomic E-state index is 12.4. The smallest absolute Gasteiger partial charge is 0.261 e. The second-order valence-electron chi connectivity index (χ2n) is 7.52. The minimum Gasteiger partial charge on any atom is -0.493 e. The summed E-state index contributed by atoms with van der Waals surface area (Å²) in [5.41, 5.74) is -0.142. The van der Waals surface area contributed by atoms with Gasteiger partial charge in [0.15, 0.2) is 17.6 Å².